The number of aliphatic hydroxyl groups is 2. The number of carbonyl (C=O) groups excluding carboxylic acids is 3. The summed E-state index contributed by atoms with van der Waals surface area (Å²) in [6.07, 6.45) is 6.45. The van der Waals surface area contributed by atoms with Gasteiger partial charge in [0.05, 0.1) is 90.1 Å². The molecule has 0 unspecified atom stereocenters. The van der Waals surface area contributed by atoms with Gasteiger partial charge in [-0.15, -0.1) is 6.54 Å². The van der Waals surface area contributed by atoms with E-state index in [0.717, 1.165) is 11.9 Å². The summed E-state index contributed by atoms with van der Waals surface area (Å²) in [5.74, 6) is -0.662. The number of hydrogen-bond donors (Lipinski definition) is 4. The van der Waals surface area contributed by atoms with Crippen molar-refractivity contribution in [3.05, 3.63) is 42.7 Å². The van der Waals surface area contributed by atoms with Crippen molar-refractivity contribution in [1.82, 2.24) is 5.32 Å². The van der Waals surface area contributed by atoms with E-state index in [4.69, 9.17) is 54.4 Å². The summed E-state index contributed by atoms with van der Waals surface area (Å²) in [6.45, 7) is 26.6. The molecule has 18 heteroatoms. The second-order valence-electron chi connectivity index (χ2n) is 14.6. The van der Waals surface area contributed by atoms with Crippen molar-refractivity contribution < 1.29 is 122 Å². The molecule has 0 aliphatic carbocycles. The van der Waals surface area contributed by atoms with Crippen LogP contribution in [0.5, 0.6) is 0 Å². The third-order valence-corrected chi connectivity index (χ3v) is 5.47. The maximum absolute atomic E-state index is 11.8. The smallest absolute Gasteiger partial charge is 0.308 e. The molecule has 1 radical (unpaired) electrons. The van der Waals surface area contributed by atoms with Crippen LogP contribution in [0.4, 0.5) is 0 Å². The maximum Gasteiger partial charge on any atom is 0.308 e. The Hall–Kier alpha value is -0.818. The van der Waals surface area contributed by atoms with Gasteiger partial charge in [0.2, 0.25) is 0 Å². The Morgan fingerprint density at radius 1 is 0.737 bits per heavy atom. The largest absolute Gasteiger partial charge is 0.676 e. The quantitative estimate of drug-likeness (QED) is 0.0220. The average Bonchev–Trinajstić information content (AvgIpc) is 3.06. The third kappa shape index (κ3) is 62.0. The van der Waals surface area contributed by atoms with Gasteiger partial charge in [-0.25, -0.2) is 4.89 Å². The number of aliphatic hydroxyl groups excluding tert-OH is 1. The molecule has 335 valence electrons. The van der Waals surface area contributed by atoms with Crippen LogP contribution in [-0.4, -0.2) is 149 Å². The molecule has 0 aromatic heterocycles. The zero-order valence-electron chi connectivity index (χ0n) is 36.4. The molecule has 5 N–H and O–H groups in total. The van der Waals surface area contributed by atoms with E-state index >= 15 is 0 Å². The van der Waals surface area contributed by atoms with Crippen LogP contribution in [0.15, 0.2) is 37.0 Å². The summed E-state index contributed by atoms with van der Waals surface area (Å²) >= 11 is 0. The van der Waals surface area contributed by atoms with Crippen molar-refractivity contribution in [2.24, 2.45) is 0 Å². The Balaban J connectivity index is -0.000000196. The molecule has 0 heterocycles. The van der Waals surface area contributed by atoms with Crippen LogP contribution in [0.2, 0.25) is 0 Å². The summed E-state index contributed by atoms with van der Waals surface area (Å²) in [5, 5.41) is 28.6. The number of esters is 2. The topological polar surface area (TPSA) is 222 Å². The standard InChI is InChI=1S/C21H41NO8.C7H14NO3.C7H10O2.C4H10O.W.Y/c1-19(2,3)29-17(24)8-11-26-14-21(22-7,16-28-13-10-23)15-27-12-9-18(25)30-20(4,5)6;8-2-5-11-7-6-10-4-1-3-9;1-3-5-7(4-2)6-9-8;1-4(2,3)5;;/h22-23H,8-16H2,1-7H3;3,8H,1-2,4-7H2;3-5,8H,1-2,6H2;5H,1-3H3;;/q;-1;;;;/b;;7-5+;;;. The first-order valence-electron chi connectivity index (χ1n) is 18.2. The van der Waals surface area contributed by atoms with E-state index < -0.39 is 22.3 Å². The van der Waals surface area contributed by atoms with Crippen molar-refractivity contribution in [2.75, 3.05) is 92.9 Å². The number of likely N-dealkylation sites (N-methyl/N-ethyl adjacent to an activating group) is 1. The molecule has 0 bridgehead atoms. The number of carbonyl (C=O) groups is 3. The molecule has 0 fully saturated rings. The molecule has 0 saturated carbocycles. The molecule has 0 rings (SSSR count). The molecular weight excluding hydrogens is 993 g/mol. The van der Waals surface area contributed by atoms with Crippen LogP contribution in [0.3, 0.4) is 0 Å². The number of rotatable bonds is 27. The Morgan fingerprint density at radius 2 is 1.16 bits per heavy atom. The van der Waals surface area contributed by atoms with Gasteiger partial charge >= 0.3 is 11.9 Å². The van der Waals surface area contributed by atoms with E-state index in [1.54, 1.807) is 46.0 Å². The minimum Gasteiger partial charge on any atom is -0.676 e. The summed E-state index contributed by atoms with van der Waals surface area (Å²) in [4.78, 5) is 37.3. The molecule has 0 amide bonds. The van der Waals surface area contributed by atoms with Gasteiger partial charge in [-0.1, -0.05) is 31.4 Å². The van der Waals surface area contributed by atoms with Gasteiger partial charge in [0.1, 0.15) is 24.1 Å². The Morgan fingerprint density at radius 3 is 1.47 bits per heavy atom. The van der Waals surface area contributed by atoms with Gasteiger partial charge < -0.3 is 59.2 Å². The van der Waals surface area contributed by atoms with Crippen LogP contribution in [-0.2, 0) is 106 Å². The molecule has 0 saturated heterocycles. The predicted molar refractivity (Wildman–Crippen MR) is 213 cm³/mol. The zero-order valence-corrected chi connectivity index (χ0v) is 42.1. The third-order valence-electron chi connectivity index (χ3n) is 5.47. The van der Waals surface area contributed by atoms with E-state index in [1.165, 1.54) is 0 Å². The fraction of sp³-hybridized carbons (Fsp3) is 0.769. The summed E-state index contributed by atoms with van der Waals surface area (Å²) in [5.41, 5.74) is 5.27. The van der Waals surface area contributed by atoms with Gasteiger partial charge in [0.25, 0.3) is 0 Å². The average molecular weight is 1070 g/mol. The van der Waals surface area contributed by atoms with Gasteiger partial charge in [0, 0.05) is 66.8 Å². The van der Waals surface area contributed by atoms with Gasteiger partial charge in [-0.3, -0.25) is 14.8 Å². The minimum atomic E-state index is -0.697. The number of hydrogen-bond acceptors (Lipinski definition) is 15. The molecule has 0 aliphatic rings. The second kappa shape index (κ2) is 43.3. The van der Waals surface area contributed by atoms with E-state index in [9.17, 15) is 14.4 Å². The van der Waals surface area contributed by atoms with Crippen LogP contribution < -0.4 is 5.32 Å². The van der Waals surface area contributed by atoms with Gasteiger partial charge in [0.15, 0.2) is 0 Å². The number of aldehydes is 1. The van der Waals surface area contributed by atoms with Crippen molar-refractivity contribution in [3.63, 3.8) is 0 Å². The molecular formula is C39H75N2O14WY-. The summed E-state index contributed by atoms with van der Waals surface area (Å²) in [6, 6.07) is 0. The summed E-state index contributed by atoms with van der Waals surface area (Å²) < 4.78 is 37.3. The predicted octanol–water partition coefficient (Wildman–Crippen LogP) is 4.66. The SMILES string of the molecule is C=C/C=C(\C=C)COO.CC(C)(C)O.CNC(COCCO)(COCCC(=O)OC(C)(C)C)COCCC(=O)OC(C)(C)C.[NH-]CCOCCOCCC=O.[W].[Y]. The van der Waals surface area contributed by atoms with Crippen molar-refractivity contribution >= 4 is 18.2 Å². The van der Waals surface area contributed by atoms with Crippen LogP contribution in [0.1, 0.15) is 81.6 Å². The van der Waals surface area contributed by atoms with Crippen LogP contribution in [0, 0.1) is 0 Å². The first kappa shape index (κ1) is 67.9. The Kier molecular flexibility index (Phi) is 51.6. The van der Waals surface area contributed by atoms with Crippen molar-refractivity contribution in [2.45, 2.75) is 104 Å². The van der Waals surface area contributed by atoms with Crippen molar-refractivity contribution in [3.8, 4) is 0 Å². The van der Waals surface area contributed by atoms with Crippen LogP contribution in [0.25, 0.3) is 5.73 Å². The van der Waals surface area contributed by atoms with E-state index in [1.807, 2.05) is 41.5 Å². The van der Waals surface area contributed by atoms with Crippen LogP contribution >= 0.6 is 0 Å². The molecule has 0 atom stereocenters. The molecule has 0 aromatic rings. The fourth-order valence-electron chi connectivity index (χ4n) is 3.23. The van der Waals surface area contributed by atoms with E-state index in [0.29, 0.717) is 32.8 Å². The van der Waals surface area contributed by atoms with E-state index in [-0.39, 0.29) is 138 Å². The molecule has 16 nitrogen and oxygen atoms in total. The number of nitrogens with one attached hydrogen (secondary N) is 2. The fourth-order valence-corrected chi connectivity index (χ4v) is 3.23. The van der Waals surface area contributed by atoms with Gasteiger partial charge in [-0.05, 0) is 74.9 Å². The van der Waals surface area contributed by atoms with Crippen molar-refractivity contribution in [1.29, 1.82) is 0 Å². The first-order chi connectivity index (χ1) is 25.6. The Labute approximate surface area is 382 Å². The maximum atomic E-state index is 11.8. The summed E-state index contributed by atoms with van der Waals surface area (Å²) in [7, 11) is 1.75. The number of allylic oxidation sites excluding steroid dienone is 2. The molecule has 0 aromatic carbocycles. The second-order valence-corrected chi connectivity index (χ2v) is 14.6. The van der Waals surface area contributed by atoms with Gasteiger partial charge in [-0.2, -0.15) is 0 Å². The zero-order chi connectivity index (χ0) is 43.2. The molecule has 0 spiro atoms. The normalized spacial score (nSPS) is 11.4. The first-order valence-corrected chi connectivity index (χ1v) is 18.2. The minimum absolute atomic E-state index is 0. The monoisotopic (exact) mass is 1070 g/mol. The molecule has 0 aliphatic heterocycles. The van der Waals surface area contributed by atoms with E-state index in [2.05, 4.69) is 23.4 Å². The Bertz CT molecular complexity index is 959. The number of ether oxygens (including phenoxy) is 7. The molecule has 57 heavy (non-hydrogen) atoms.